The van der Waals surface area contributed by atoms with Crippen molar-refractivity contribution in [2.45, 2.75) is 44.8 Å². The van der Waals surface area contributed by atoms with Crippen LogP contribution in [0.5, 0.6) is 0 Å². The molecule has 2 amide bonds. The van der Waals surface area contributed by atoms with Gasteiger partial charge in [0, 0.05) is 12.6 Å². The summed E-state index contributed by atoms with van der Waals surface area (Å²) in [5, 5.41) is 2.90. The van der Waals surface area contributed by atoms with Crippen LogP contribution >= 0.6 is 0 Å². The Balaban J connectivity index is 1.68. The summed E-state index contributed by atoms with van der Waals surface area (Å²) in [5.41, 5.74) is 2.07. The lowest BCUT2D eigenvalue weighted by Crippen LogP contribution is -2.44. The van der Waals surface area contributed by atoms with Gasteiger partial charge in [-0.1, -0.05) is 67.6 Å². The molecule has 2 aromatic rings. The first-order valence-electron chi connectivity index (χ1n) is 8.89. The molecule has 1 fully saturated rings. The predicted molar refractivity (Wildman–Crippen MR) is 97.6 cm³/mol. The Morgan fingerprint density at radius 1 is 1.04 bits per heavy atom. The molecular formula is C21H24N2O2. The molecule has 0 heterocycles. The Morgan fingerprint density at radius 3 is 2.20 bits per heavy atom. The summed E-state index contributed by atoms with van der Waals surface area (Å²) < 4.78 is 0. The lowest BCUT2D eigenvalue weighted by atomic mass is 10.0. The van der Waals surface area contributed by atoms with Crippen LogP contribution in [0.3, 0.4) is 0 Å². The van der Waals surface area contributed by atoms with Gasteiger partial charge in [0.1, 0.15) is 0 Å². The third-order valence-corrected chi connectivity index (χ3v) is 4.55. The fourth-order valence-corrected chi connectivity index (χ4v) is 2.99. The highest BCUT2D eigenvalue weighted by Crippen LogP contribution is 2.28. The molecule has 0 saturated heterocycles. The molecule has 2 aromatic carbocycles. The highest BCUT2D eigenvalue weighted by molar-refractivity contribution is 6.35. The molecule has 1 N–H and O–H groups in total. The average molecular weight is 336 g/mol. The van der Waals surface area contributed by atoms with Gasteiger partial charge in [0.2, 0.25) is 0 Å². The van der Waals surface area contributed by atoms with E-state index in [9.17, 15) is 9.59 Å². The van der Waals surface area contributed by atoms with Crippen LogP contribution in [0.4, 0.5) is 0 Å². The summed E-state index contributed by atoms with van der Waals surface area (Å²) in [6.07, 6.45) is 2.69. The Labute approximate surface area is 148 Å². The van der Waals surface area contributed by atoms with Gasteiger partial charge in [0.05, 0.1) is 6.04 Å². The van der Waals surface area contributed by atoms with Crippen molar-refractivity contribution < 1.29 is 9.59 Å². The second-order valence-corrected chi connectivity index (χ2v) is 6.49. The van der Waals surface area contributed by atoms with Gasteiger partial charge in [-0.2, -0.15) is 0 Å². The smallest absolute Gasteiger partial charge is 0.312 e. The molecule has 130 valence electrons. The molecule has 0 bridgehead atoms. The SMILES string of the molecule is CC[C@H](NC(=O)C(=O)N(Cc1ccccc1)C1CC1)c1ccccc1. The largest absolute Gasteiger partial charge is 0.341 e. The third-order valence-electron chi connectivity index (χ3n) is 4.55. The molecule has 0 spiro atoms. The van der Waals surface area contributed by atoms with Crippen LogP contribution in [-0.2, 0) is 16.1 Å². The van der Waals surface area contributed by atoms with Gasteiger partial charge in [0.25, 0.3) is 0 Å². The summed E-state index contributed by atoms with van der Waals surface area (Å²) in [4.78, 5) is 27.0. The first-order chi connectivity index (χ1) is 12.2. The second-order valence-electron chi connectivity index (χ2n) is 6.49. The third kappa shape index (κ3) is 4.47. The van der Waals surface area contributed by atoms with Gasteiger partial charge in [-0.25, -0.2) is 0 Å². The van der Waals surface area contributed by atoms with E-state index in [1.165, 1.54) is 0 Å². The van der Waals surface area contributed by atoms with E-state index in [0.717, 1.165) is 30.4 Å². The zero-order valence-corrected chi connectivity index (χ0v) is 14.5. The maximum Gasteiger partial charge on any atom is 0.312 e. The number of benzene rings is 2. The number of nitrogens with zero attached hydrogens (tertiary/aromatic N) is 1. The van der Waals surface area contributed by atoms with Crippen LogP contribution in [0.25, 0.3) is 0 Å². The zero-order valence-electron chi connectivity index (χ0n) is 14.5. The van der Waals surface area contributed by atoms with E-state index in [-0.39, 0.29) is 12.1 Å². The fraction of sp³-hybridized carbons (Fsp3) is 0.333. The standard InChI is InChI=1S/C21H24N2O2/c1-2-19(17-11-7-4-8-12-17)22-20(24)21(25)23(18-13-14-18)15-16-9-5-3-6-10-16/h3-12,18-19H,2,13-15H2,1H3,(H,22,24)/t19-/m0/s1. The van der Waals surface area contributed by atoms with Gasteiger partial charge in [-0.3, -0.25) is 9.59 Å². The molecule has 25 heavy (non-hydrogen) atoms. The molecule has 1 atom stereocenters. The molecule has 1 aliphatic rings. The van der Waals surface area contributed by atoms with Crippen molar-refractivity contribution in [2.75, 3.05) is 0 Å². The number of hydrogen-bond acceptors (Lipinski definition) is 2. The molecule has 1 aliphatic carbocycles. The highest BCUT2D eigenvalue weighted by Gasteiger charge is 2.36. The number of carbonyl (C=O) groups is 2. The fourth-order valence-electron chi connectivity index (χ4n) is 2.99. The molecule has 0 aromatic heterocycles. The van der Waals surface area contributed by atoms with Crippen LogP contribution < -0.4 is 5.32 Å². The van der Waals surface area contributed by atoms with E-state index in [0.29, 0.717) is 6.54 Å². The highest BCUT2D eigenvalue weighted by atomic mass is 16.2. The van der Waals surface area contributed by atoms with Crippen molar-refractivity contribution in [3.63, 3.8) is 0 Å². The molecule has 0 radical (unpaired) electrons. The lowest BCUT2D eigenvalue weighted by molar-refractivity contribution is -0.147. The first-order valence-corrected chi connectivity index (χ1v) is 8.89. The number of carbonyl (C=O) groups excluding carboxylic acids is 2. The monoisotopic (exact) mass is 336 g/mol. The van der Waals surface area contributed by atoms with Crippen LogP contribution in [0.15, 0.2) is 60.7 Å². The number of nitrogens with one attached hydrogen (secondary N) is 1. The number of amides is 2. The maximum atomic E-state index is 12.7. The topological polar surface area (TPSA) is 49.4 Å². The Kier molecular flexibility index (Phi) is 5.49. The van der Waals surface area contributed by atoms with Crippen LogP contribution in [0.2, 0.25) is 0 Å². The Morgan fingerprint density at radius 2 is 1.64 bits per heavy atom. The van der Waals surface area contributed by atoms with E-state index in [1.807, 2.05) is 67.6 Å². The van der Waals surface area contributed by atoms with Crippen LogP contribution in [0, 0.1) is 0 Å². The minimum atomic E-state index is -0.515. The molecule has 4 heteroatoms. The van der Waals surface area contributed by atoms with Gasteiger partial charge in [-0.05, 0) is 30.4 Å². The van der Waals surface area contributed by atoms with Crippen molar-refractivity contribution >= 4 is 11.8 Å². The van der Waals surface area contributed by atoms with Gasteiger partial charge >= 0.3 is 11.8 Å². The van der Waals surface area contributed by atoms with E-state index >= 15 is 0 Å². The van der Waals surface area contributed by atoms with Crippen molar-refractivity contribution in [1.82, 2.24) is 10.2 Å². The van der Waals surface area contributed by atoms with Gasteiger partial charge in [0.15, 0.2) is 0 Å². The van der Waals surface area contributed by atoms with Crippen LogP contribution in [-0.4, -0.2) is 22.8 Å². The number of rotatable bonds is 6. The first kappa shape index (κ1) is 17.2. The molecule has 4 nitrogen and oxygen atoms in total. The second kappa shape index (κ2) is 7.97. The minimum Gasteiger partial charge on any atom is -0.341 e. The summed E-state index contributed by atoms with van der Waals surface area (Å²) in [5.74, 6) is -0.945. The lowest BCUT2D eigenvalue weighted by Gasteiger charge is -2.24. The van der Waals surface area contributed by atoms with E-state index in [2.05, 4.69) is 5.32 Å². The predicted octanol–water partition coefficient (Wildman–Crippen LogP) is 3.45. The van der Waals surface area contributed by atoms with Crippen molar-refractivity contribution in [1.29, 1.82) is 0 Å². The summed E-state index contributed by atoms with van der Waals surface area (Å²) >= 11 is 0. The van der Waals surface area contributed by atoms with E-state index < -0.39 is 11.8 Å². The van der Waals surface area contributed by atoms with E-state index in [4.69, 9.17) is 0 Å². The summed E-state index contributed by atoms with van der Waals surface area (Å²) in [6, 6.07) is 19.6. The Hall–Kier alpha value is -2.62. The molecular weight excluding hydrogens is 312 g/mol. The molecule has 0 unspecified atom stereocenters. The zero-order chi connectivity index (χ0) is 17.6. The normalized spacial score (nSPS) is 14.6. The Bertz CT molecular complexity index is 711. The van der Waals surface area contributed by atoms with Gasteiger partial charge < -0.3 is 10.2 Å². The van der Waals surface area contributed by atoms with E-state index in [1.54, 1.807) is 4.90 Å². The molecule has 3 rings (SSSR count). The molecule has 1 saturated carbocycles. The van der Waals surface area contributed by atoms with Crippen molar-refractivity contribution in [3.8, 4) is 0 Å². The summed E-state index contributed by atoms with van der Waals surface area (Å²) in [7, 11) is 0. The van der Waals surface area contributed by atoms with Crippen LogP contribution in [0.1, 0.15) is 43.4 Å². The van der Waals surface area contributed by atoms with Crippen molar-refractivity contribution in [2.24, 2.45) is 0 Å². The quantitative estimate of drug-likeness (QED) is 0.822. The molecule has 0 aliphatic heterocycles. The van der Waals surface area contributed by atoms with Gasteiger partial charge in [-0.15, -0.1) is 0 Å². The number of hydrogen-bond donors (Lipinski definition) is 1. The maximum absolute atomic E-state index is 12.7. The van der Waals surface area contributed by atoms with Crippen molar-refractivity contribution in [3.05, 3.63) is 71.8 Å². The minimum absolute atomic E-state index is 0.143. The summed E-state index contributed by atoms with van der Waals surface area (Å²) in [6.45, 7) is 2.49. The average Bonchev–Trinajstić information content (AvgIpc) is 3.50.